The third-order valence-corrected chi connectivity index (χ3v) is 2.75. The van der Waals surface area contributed by atoms with E-state index in [2.05, 4.69) is 4.98 Å². The highest BCUT2D eigenvalue weighted by Gasteiger charge is 2.06. The molecular weight excluding hydrogens is 258 g/mol. The molecule has 0 aliphatic rings. The van der Waals surface area contributed by atoms with Crippen LogP contribution in [-0.2, 0) is 0 Å². The summed E-state index contributed by atoms with van der Waals surface area (Å²) in [5.41, 5.74) is 0.598. The van der Waals surface area contributed by atoms with Gasteiger partial charge in [0.25, 0.3) is 0 Å². The van der Waals surface area contributed by atoms with Gasteiger partial charge in [-0.05, 0) is 19.1 Å². The number of aliphatic hydroxyl groups is 1. The first-order chi connectivity index (χ1) is 9.62. The Morgan fingerprint density at radius 3 is 2.00 bits per heavy atom. The third-order valence-electron chi connectivity index (χ3n) is 2.75. The summed E-state index contributed by atoms with van der Waals surface area (Å²) in [6, 6.07) is 8.75. The van der Waals surface area contributed by atoms with E-state index >= 15 is 0 Å². The molecule has 1 N–H and O–H groups in total. The summed E-state index contributed by atoms with van der Waals surface area (Å²) >= 11 is 0. The maximum Gasteiger partial charge on any atom is 0.145 e. The number of nitrogens with zero attached hydrogens (tertiary/aromatic N) is 1. The van der Waals surface area contributed by atoms with Crippen molar-refractivity contribution in [1.29, 1.82) is 0 Å². The smallest absolute Gasteiger partial charge is 0.145 e. The summed E-state index contributed by atoms with van der Waals surface area (Å²) < 4.78 is 16.0. The van der Waals surface area contributed by atoms with E-state index < -0.39 is 6.10 Å². The summed E-state index contributed by atoms with van der Waals surface area (Å²) in [5.74, 6) is 2.46. The van der Waals surface area contributed by atoms with Crippen LogP contribution in [-0.4, -0.2) is 24.3 Å². The molecule has 5 heteroatoms. The highest BCUT2D eigenvalue weighted by Crippen LogP contribution is 2.30. The average molecular weight is 275 g/mol. The van der Waals surface area contributed by atoms with E-state index in [1.54, 1.807) is 57.7 Å². The largest absolute Gasteiger partial charge is 0.496 e. The number of pyridine rings is 1. The maximum atomic E-state index is 9.40. The fourth-order valence-corrected chi connectivity index (χ4v) is 1.68. The van der Waals surface area contributed by atoms with Gasteiger partial charge in [0, 0.05) is 18.2 Å². The maximum absolute atomic E-state index is 9.40. The van der Waals surface area contributed by atoms with Gasteiger partial charge in [0.2, 0.25) is 0 Å². The Labute approximate surface area is 117 Å². The average Bonchev–Trinajstić information content (AvgIpc) is 2.47. The molecule has 0 saturated heterocycles. The van der Waals surface area contributed by atoms with Crippen LogP contribution in [0.1, 0.15) is 18.7 Å². The Morgan fingerprint density at radius 1 is 0.950 bits per heavy atom. The van der Waals surface area contributed by atoms with E-state index in [-0.39, 0.29) is 0 Å². The second-order valence-corrected chi connectivity index (χ2v) is 4.25. The molecule has 0 aliphatic carbocycles. The van der Waals surface area contributed by atoms with Gasteiger partial charge < -0.3 is 19.3 Å². The van der Waals surface area contributed by atoms with Crippen molar-refractivity contribution in [1.82, 2.24) is 4.98 Å². The van der Waals surface area contributed by atoms with Crippen LogP contribution in [0, 0.1) is 0 Å². The van der Waals surface area contributed by atoms with Gasteiger partial charge in [-0.2, -0.15) is 0 Å². The molecule has 0 spiro atoms. The molecule has 0 saturated carbocycles. The lowest BCUT2D eigenvalue weighted by Crippen LogP contribution is -1.95. The molecule has 1 aromatic heterocycles. The van der Waals surface area contributed by atoms with Crippen LogP contribution in [0.5, 0.6) is 23.0 Å². The van der Waals surface area contributed by atoms with Gasteiger partial charge in [-0.1, -0.05) is 0 Å². The number of methoxy groups -OCH3 is 2. The summed E-state index contributed by atoms with van der Waals surface area (Å²) in [6.45, 7) is 1.66. The lowest BCUT2D eigenvalue weighted by Gasteiger charge is -2.10. The minimum absolute atomic E-state index is 0.574. The Kier molecular flexibility index (Phi) is 4.42. The quantitative estimate of drug-likeness (QED) is 0.909. The van der Waals surface area contributed by atoms with Gasteiger partial charge in [-0.15, -0.1) is 0 Å². The first-order valence-electron chi connectivity index (χ1n) is 6.17. The van der Waals surface area contributed by atoms with Crippen LogP contribution in [0.3, 0.4) is 0 Å². The first kappa shape index (κ1) is 14.1. The molecule has 1 atom stereocenters. The van der Waals surface area contributed by atoms with Gasteiger partial charge >= 0.3 is 0 Å². The van der Waals surface area contributed by atoms with E-state index in [0.717, 1.165) is 0 Å². The molecule has 0 bridgehead atoms. The Hall–Kier alpha value is -2.27. The van der Waals surface area contributed by atoms with Crippen molar-refractivity contribution in [2.75, 3.05) is 14.2 Å². The SMILES string of the molecule is COc1cc(OC)cc(Oc2ccc([C@@H](C)O)nc2)c1. The topological polar surface area (TPSA) is 60.8 Å². The lowest BCUT2D eigenvalue weighted by atomic mass is 10.2. The highest BCUT2D eigenvalue weighted by atomic mass is 16.5. The van der Waals surface area contributed by atoms with Gasteiger partial charge in [-0.3, -0.25) is 4.98 Å². The molecule has 5 nitrogen and oxygen atoms in total. The van der Waals surface area contributed by atoms with Crippen LogP contribution < -0.4 is 14.2 Å². The van der Waals surface area contributed by atoms with Crippen LogP contribution in [0.15, 0.2) is 36.5 Å². The molecule has 0 aliphatic heterocycles. The van der Waals surface area contributed by atoms with Gasteiger partial charge in [-0.25, -0.2) is 0 Å². The van der Waals surface area contributed by atoms with E-state index in [4.69, 9.17) is 14.2 Å². The fourth-order valence-electron chi connectivity index (χ4n) is 1.68. The second kappa shape index (κ2) is 6.25. The zero-order valence-electron chi connectivity index (χ0n) is 11.7. The van der Waals surface area contributed by atoms with E-state index in [1.165, 1.54) is 0 Å². The number of hydrogen-bond acceptors (Lipinski definition) is 5. The summed E-state index contributed by atoms with van der Waals surface area (Å²) in [7, 11) is 3.16. The molecule has 20 heavy (non-hydrogen) atoms. The Morgan fingerprint density at radius 2 is 1.55 bits per heavy atom. The van der Waals surface area contributed by atoms with Crippen molar-refractivity contribution in [3.05, 3.63) is 42.2 Å². The van der Waals surface area contributed by atoms with E-state index in [0.29, 0.717) is 28.7 Å². The molecule has 2 aromatic rings. The van der Waals surface area contributed by atoms with Gasteiger partial charge in [0.15, 0.2) is 0 Å². The first-order valence-corrected chi connectivity index (χ1v) is 6.17. The van der Waals surface area contributed by atoms with Crippen LogP contribution in [0.4, 0.5) is 0 Å². The highest BCUT2D eigenvalue weighted by molar-refractivity contribution is 5.43. The molecular formula is C15H17NO4. The number of rotatable bonds is 5. The molecule has 0 amide bonds. The second-order valence-electron chi connectivity index (χ2n) is 4.25. The van der Waals surface area contributed by atoms with Crippen LogP contribution in [0.2, 0.25) is 0 Å². The number of aromatic nitrogens is 1. The molecule has 0 unspecified atom stereocenters. The molecule has 1 heterocycles. The van der Waals surface area contributed by atoms with Crippen molar-refractivity contribution in [2.24, 2.45) is 0 Å². The predicted octanol–water partition coefficient (Wildman–Crippen LogP) is 2.94. The van der Waals surface area contributed by atoms with Crippen molar-refractivity contribution in [3.63, 3.8) is 0 Å². The summed E-state index contributed by atoms with van der Waals surface area (Å²) in [6.07, 6.45) is 0.967. The van der Waals surface area contributed by atoms with Gasteiger partial charge in [0.1, 0.15) is 23.0 Å². The Balaban J connectivity index is 2.20. The fraction of sp³-hybridized carbons (Fsp3) is 0.267. The monoisotopic (exact) mass is 275 g/mol. The summed E-state index contributed by atoms with van der Waals surface area (Å²) in [5, 5.41) is 9.40. The Bertz CT molecular complexity index is 544. The minimum atomic E-state index is -0.596. The molecule has 0 fully saturated rings. The van der Waals surface area contributed by atoms with Crippen LogP contribution in [0.25, 0.3) is 0 Å². The van der Waals surface area contributed by atoms with Crippen LogP contribution >= 0.6 is 0 Å². The predicted molar refractivity (Wildman–Crippen MR) is 74.5 cm³/mol. The molecule has 0 radical (unpaired) electrons. The third kappa shape index (κ3) is 3.39. The zero-order chi connectivity index (χ0) is 14.5. The molecule has 2 rings (SSSR count). The van der Waals surface area contributed by atoms with Crippen molar-refractivity contribution in [2.45, 2.75) is 13.0 Å². The van der Waals surface area contributed by atoms with E-state index in [1.807, 2.05) is 0 Å². The van der Waals surface area contributed by atoms with Gasteiger partial charge in [0.05, 0.1) is 32.2 Å². The lowest BCUT2D eigenvalue weighted by molar-refractivity contribution is 0.194. The van der Waals surface area contributed by atoms with E-state index in [9.17, 15) is 5.11 Å². The number of aliphatic hydroxyl groups excluding tert-OH is 1. The molecule has 106 valence electrons. The normalized spacial score (nSPS) is 11.8. The zero-order valence-corrected chi connectivity index (χ0v) is 11.7. The number of ether oxygens (including phenoxy) is 3. The van der Waals surface area contributed by atoms with Crippen molar-refractivity contribution < 1.29 is 19.3 Å². The number of hydrogen-bond donors (Lipinski definition) is 1. The molecule has 1 aromatic carbocycles. The number of benzene rings is 1. The summed E-state index contributed by atoms with van der Waals surface area (Å²) in [4.78, 5) is 4.12. The van der Waals surface area contributed by atoms with Crippen molar-refractivity contribution >= 4 is 0 Å². The minimum Gasteiger partial charge on any atom is -0.496 e. The van der Waals surface area contributed by atoms with Crippen molar-refractivity contribution in [3.8, 4) is 23.0 Å². The standard InChI is InChI=1S/C15H17NO4/c1-10(17)15-5-4-11(9-16-15)20-14-7-12(18-2)6-13(8-14)19-3/h4-10,17H,1-3H3/t10-/m1/s1.